The van der Waals surface area contributed by atoms with Crippen LogP contribution in [-0.2, 0) is 9.59 Å². The lowest BCUT2D eigenvalue weighted by Gasteiger charge is -2.05. The number of rotatable bonds is 5. The molecule has 6 nitrogen and oxygen atoms in total. The highest BCUT2D eigenvalue weighted by Gasteiger charge is 2.02. The number of nitrogens with one attached hydrogen (secondary N) is 2. The van der Waals surface area contributed by atoms with Crippen LogP contribution in [0.15, 0.2) is 24.6 Å². The van der Waals surface area contributed by atoms with Gasteiger partial charge in [0.15, 0.2) is 0 Å². The van der Waals surface area contributed by atoms with Gasteiger partial charge < -0.3 is 22.1 Å². The molecule has 14 heavy (non-hydrogen) atoms. The zero-order valence-corrected chi connectivity index (χ0v) is 7.80. The molecule has 6 N–H and O–H groups in total. The van der Waals surface area contributed by atoms with Crippen LogP contribution in [0.1, 0.15) is 0 Å². The lowest BCUT2D eigenvalue weighted by atomic mass is 10.4. The number of hydrogen-bond donors (Lipinski definition) is 4. The lowest BCUT2D eigenvalue weighted by molar-refractivity contribution is -0.119. The Morgan fingerprint density at radius 1 is 0.929 bits per heavy atom. The third kappa shape index (κ3) is 4.81. The van der Waals surface area contributed by atoms with E-state index in [9.17, 15) is 9.59 Å². The van der Waals surface area contributed by atoms with Crippen molar-refractivity contribution in [3.63, 3.8) is 0 Å². The van der Waals surface area contributed by atoms with Crippen LogP contribution in [0.2, 0.25) is 0 Å². The predicted octanol–water partition coefficient (Wildman–Crippen LogP) is -1.84. The Kier molecular flexibility index (Phi) is 4.83. The summed E-state index contributed by atoms with van der Waals surface area (Å²) in [6, 6.07) is 0. The summed E-state index contributed by atoms with van der Waals surface area (Å²) in [6.45, 7) is 7.00. The molecule has 0 saturated heterocycles. The van der Waals surface area contributed by atoms with Crippen molar-refractivity contribution in [2.24, 2.45) is 11.5 Å². The lowest BCUT2D eigenvalue weighted by Crippen LogP contribution is -2.37. The van der Waals surface area contributed by atoms with E-state index in [0.29, 0.717) is 0 Å². The molecular weight excluding hydrogens is 184 g/mol. The average molecular weight is 198 g/mol. The molecule has 0 aromatic heterocycles. The Hall–Kier alpha value is -1.98. The molecule has 0 unspecified atom stereocenters. The SMILES string of the molecule is C=C(N)C(=O)NCCNC(=O)C(=C)N. The minimum atomic E-state index is -0.453. The molecule has 0 aliphatic carbocycles. The molecule has 0 aliphatic rings. The monoisotopic (exact) mass is 198 g/mol. The van der Waals surface area contributed by atoms with Crippen LogP contribution in [0.4, 0.5) is 0 Å². The Balaban J connectivity index is 3.57. The summed E-state index contributed by atoms with van der Waals surface area (Å²) in [5.41, 5.74) is 10.1. The van der Waals surface area contributed by atoms with E-state index >= 15 is 0 Å². The smallest absolute Gasteiger partial charge is 0.266 e. The molecule has 0 aromatic carbocycles. The molecule has 0 spiro atoms. The van der Waals surface area contributed by atoms with Crippen molar-refractivity contribution in [2.45, 2.75) is 0 Å². The van der Waals surface area contributed by atoms with E-state index in [-0.39, 0.29) is 24.5 Å². The van der Waals surface area contributed by atoms with Gasteiger partial charge in [-0.05, 0) is 0 Å². The summed E-state index contributed by atoms with van der Waals surface area (Å²) < 4.78 is 0. The van der Waals surface area contributed by atoms with Crippen molar-refractivity contribution in [2.75, 3.05) is 13.1 Å². The quantitative estimate of drug-likeness (QED) is 0.307. The first-order valence-electron chi connectivity index (χ1n) is 3.90. The first-order chi connectivity index (χ1) is 6.45. The molecular formula is C8H14N4O2. The summed E-state index contributed by atoms with van der Waals surface area (Å²) in [5.74, 6) is -0.906. The maximum atomic E-state index is 10.8. The van der Waals surface area contributed by atoms with Gasteiger partial charge in [-0.1, -0.05) is 13.2 Å². The van der Waals surface area contributed by atoms with Gasteiger partial charge in [-0.25, -0.2) is 0 Å². The van der Waals surface area contributed by atoms with E-state index < -0.39 is 11.8 Å². The fraction of sp³-hybridized carbons (Fsp3) is 0.250. The maximum absolute atomic E-state index is 10.8. The normalized spacial score (nSPS) is 8.86. The molecule has 0 rings (SSSR count). The highest BCUT2D eigenvalue weighted by molar-refractivity contribution is 5.92. The fourth-order valence-corrected chi connectivity index (χ4v) is 0.579. The summed E-state index contributed by atoms with van der Waals surface area (Å²) in [6.07, 6.45) is 0. The Morgan fingerprint density at radius 2 is 1.21 bits per heavy atom. The number of carbonyl (C=O) groups excluding carboxylic acids is 2. The number of hydrogen-bond acceptors (Lipinski definition) is 4. The van der Waals surface area contributed by atoms with E-state index in [2.05, 4.69) is 23.8 Å². The Bertz CT molecular complexity index is 245. The van der Waals surface area contributed by atoms with Gasteiger partial charge in [-0.2, -0.15) is 0 Å². The summed E-state index contributed by atoms with van der Waals surface area (Å²) >= 11 is 0. The predicted molar refractivity (Wildman–Crippen MR) is 52.7 cm³/mol. The van der Waals surface area contributed by atoms with Gasteiger partial charge in [0.25, 0.3) is 11.8 Å². The molecule has 0 heterocycles. The topological polar surface area (TPSA) is 110 Å². The van der Waals surface area contributed by atoms with Gasteiger partial charge in [-0.15, -0.1) is 0 Å². The van der Waals surface area contributed by atoms with Gasteiger partial charge >= 0.3 is 0 Å². The Morgan fingerprint density at radius 3 is 1.43 bits per heavy atom. The number of carbonyl (C=O) groups is 2. The van der Waals surface area contributed by atoms with E-state index in [0.717, 1.165) is 0 Å². The van der Waals surface area contributed by atoms with Crippen molar-refractivity contribution in [3.8, 4) is 0 Å². The molecule has 0 radical (unpaired) electrons. The van der Waals surface area contributed by atoms with Gasteiger partial charge in [0.05, 0.1) is 11.4 Å². The second-order valence-corrected chi connectivity index (χ2v) is 2.56. The van der Waals surface area contributed by atoms with Crippen LogP contribution >= 0.6 is 0 Å². The van der Waals surface area contributed by atoms with Crippen molar-refractivity contribution in [1.29, 1.82) is 0 Å². The molecule has 0 atom stereocenters. The van der Waals surface area contributed by atoms with E-state index in [1.54, 1.807) is 0 Å². The number of amides is 2. The van der Waals surface area contributed by atoms with Crippen LogP contribution in [0.3, 0.4) is 0 Å². The molecule has 0 saturated carbocycles. The average Bonchev–Trinajstić information content (AvgIpc) is 2.11. The van der Waals surface area contributed by atoms with Gasteiger partial charge in [0, 0.05) is 13.1 Å². The number of nitrogens with two attached hydrogens (primary N) is 2. The highest BCUT2D eigenvalue weighted by atomic mass is 16.2. The molecule has 78 valence electrons. The second-order valence-electron chi connectivity index (χ2n) is 2.56. The summed E-state index contributed by atoms with van der Waals surface area (Å²) in [5, 5.41) is 4.86. The van der Waals surface area contributed by atoms with Gasteiger partial charge in [-0.3, -0.25) is 9.59 Å². The van der Waals surface area contributed by atoms with Crippen molar-refractivity contribution in [1.82, 2.24) is 10.6 Å². The van der Waals surface area contributed by atoms with Crippen LogP contribution in [0.25, 0.3) is 0 Å². The van der Waals surface area contributed by atoms with Crippen molar-refractivity contribution >= 4 is 11.8 Å². The van der Waals surface area contributed by atoms with Crippen molar-refractivity contribution in [3.05, 3.63) is 24.6 Å². The molecule has 0 bridgehead atoms. The maximum Gasteiger partial charge on any atom is 0.266 e. The third-order valence-corrected chi connectivity index (χ3v) is 1.28. The molecule has 0 fully saturated rings. The third-order valence-electron chi connectivity index (χ3n) is 1.28. The van der Waals surface area contributed by atoms with Crippen LogP contribution < -0.4 is 22.1 Å². The fourth-order valence-electron chi connectivity index (χ4n) is 0.579. The summed E-state index contributed by atoms with van der Waals surface area (Å²) in [4.78, 5) is 21.7. The van der Waals surface area contributed by atoms with Gasteiger partial charge in [0.2, 0.25) is 0 Å². The molecule has 6 heteroatoms. The van der Waals surface area contributed by atoms with E-state index in [1.165, 1.54) is 0 Å². The molecule has 0 aliphatic heterocycles. The van der Waals surface area contributed by atoms with E-state index in [1.807, 2.05) is 0 Å². The zero-order chi connectivity index (χ0) is 11.1. The molecule has 2 amide bonds. The second kappa shape index (κ2) is 5.63. The standard InChI is InChI=1S/C8H14N4O2/c1-5(9)7(13)11-3-4-12-8(14)6(2)10/h1-4,9-10H2,(H,11,13)(H,12,14). The minimum absolute atomic E-state index is 0.0699. The summed E-state index contributed by atoms with van der Waals surface area (Å²) in [7, 11) is 0. The van der Waals surface area contributed by atoms with Crippen LogP contribution in [-0.4, -0.2) is 24.9 Å². The minimum Gasteiger partial charge on any atom is -0.395 e. The van der Waals surface area contributed by atoms with Gasteiger partial charge in [0.1, 0.15) is 0 Å². The zero-order valence-electron chi connectivity index (χ0n) is 7.80. The van der Waals surface area contributed by atoms with Crippen molar-refractivity contribution < 1.29 is 9.59 Å². The van der Waals surface area contributed by atoms with E-state index in [4.69, 9.17) is 11.5 Å². The highest BCUT2D eigenvalue weighted by Crippen LogP contribution is 1.77. The Labute approximate surface area is 82.0 Å². The van der Waals surface area contributed by atoms with Crippen LogP contribution in [0.5, 0.6) is 0 Å². The largest absolute Gasteiger partial charge is 0.395 e. The molecule has 0 aromatic rings. The first kappa shape index (κ1) is 12.0. The first-order valence-corrected chi connectivity index (χ1v) is 3.90. The van der Waals surface area contributed by atoms with Crippen LogP contribution in [0, 0.1) is 0 Å².